The van der Waals surface area contributed by atoms with Gasteiger partial charge in [-0.3, -0.25) is 24.5 Å². The summed E-state index contributed by atoms with van der Waals surface area (Å²) in [7, 11) is 0. The molecule has 0 spiro atoms. The second kappa shape index (κ2) is 5.14. The summed E-state index contributed by atoms with van der Waals surface area (Å²) in [6.07, 6.45) is 0. The number of anilines is 1. The Hall–Kier alpha value is -2.29. The number of imide groups is 1. The van der Waals surface area contributed by atoms with Gasteiger partial charge in [-0.15, -0.1) is 11.3 Å². The van der Waals surface area contributed by atoms with Crippen molar-refractivity contribution in [3.63, 3.8) is 0 Å². The van der Waals surface area contributed by atoms with E-state index in [0.29, 0.717) is 5.13 Å². The minimum Gasteiger partial charge on any atom is -0.319 e. The van der Waals surface area contributed by atoms with Crippen molar-refractivity contribution >= 4 is 40.1 Å². The Morgan fingerprint density at radius 2 is 2.00 bits per heavy atom. The molecule has 2 heterocycles. The second-order valence-electron chi connectivity index (χ2n) is 3.85. The van der Waals surface area contributed by atoms with Gasteiger partial charge in [-0.2, -0.15) is 0 Å². The molecule has 0 radical (unpaired) electrons. The fourth-order valence-corrected chi connectivity index (χ4v) is 2.25. The molecule has 0 unspecified atom stereocenters. The van der Waals surface area contributed by atoms with Crippen molar-refractivity contribution in [1.29, 1.82) is 0 Å². The third-order valence-corrected chi connectivity index (χ3v) is 3.00. The van der Waals surface area contributed by atoms with Gasteiger partial charge in [0.15, 0.2) is 5.13 Å². The lowest BCUT2D eigenvalue weighted by Crippen LogP contribution is -2.53. The van der Waals surface area contributed by atoms with Crippen molar-refractivity contribution in [3.05, 3.63) is 11.1 Å². The van der Waals surface area contributed by atoms with E-state index in [1.807, 2.05) is 0 Å². The highest BCUT2D eigenvalue weighted by atomic mass is 32.1. The molecule has 0 aliphatic carbocycles. The van der Waals surface area contributed by atoms with Gasteiger partial charge in [0.2, 0.25) is 17.7 Å². The lowest BCUT2D eigenvalue weighted by molar-refractivity contribution is -0.135. The molecule has 2 N–H and O–H groups in total. The third-order valence-electron chi connectivity index (χ3n) is 2.24. The molecule has 0 aromatic carbocycles. The molecule has 0 bridgehead atoms. The number of nitrogens with one attached hydrogen (secondary N) is 2. The minimum absolute atomic E-state index is 0.0938. The van der Waals surface area contributed by atoms with Crippen LogP contribution in [0, 0.1) is 0 Å². The minimum atomic E-state index is -0.526. The van der Waals surface area contributed by atoms with E-state index in [2.05, 4.69) is 15.6 Å². The SMILES string of the molecule is CC(=O)Nc1nc(C(=O)N2CC(=O)NC(=O)C2)cs1. The molecule has 4 amide bonds. The summed E-state index contributed by atoms with van der Waals surface area (Å²) in [5.41, 5.74) is 0.0938. The first-order valence-corrected chi connectivity index (χ1v) is 6.19. The van der Waals surface area contributed by atoms with E-state index < -0.39 is 17.7 Å². The van der Waals surface area contributed by atoms with Crippen molar-refractivity contribution in [2.24, 2.45) is 0 Å². The molecule has 8 nitrogen and oxygen atoms in total. The summed E-state index contributed by atoms with van der Waals surface area (Å²) >= 11 is 1.10. The Kier molecular flexibility index (Phi) is 3.56. The molecule has 100 valence electrons. The normalized spacial score (nSPS) is 15.1. The highest BCUT2D eigenvalue weighted by molar-refractivity contribution is 7.14. The zero-order valence-corrected chi connectivity index (χ0v) is 10.7. The average molecular weight is 282 g/mol. The van der Waals surface area contributed by atoms with Gasteiger partial charge in [0.05, 0.1) is 0 Å². The first kappa shape index (κ1) is 13.1. The van der Waals surface area contributed by atoms with Crippen molar-refractivity contribution in [2.75, 3.05) is 18.4 Å². The molecule has 1 aromatic rings. The summed E-state index contributed by atoms with van der Waals surface area (Å²) in [6, 6.07) is 0. The van der Waals surface area contributed by atoms with Crippen LogP contribution in [0.1, 0.15) is 17.4 Å². The van der Waals surface area contributed by atoms with Crippen molar-refractivity contribution < 1.29 is 19.2 Å². The summed E-state index contributed by atoms with van der Waals surface area (Å²) < 4.78 is 0. The number of aromatic nitrogens is 1. The Bertz CT molecular complexity index is 552. The van der Waals surface area contributed by atoms with Crippen molar-refractivity contribution in [1.82, 2.24) is 15.2 Å². The van der Waals surface area contributed by atoms with Gasteiger partial charge in [0.1, 0.15) is 18.8 Å². The predicted octanol–water partition coefficient (Wildman–Crippen LogP) is -0.800. The maximum atomic E-state index is 12.0. The van der Waals surface area contributed by atoms with Crippen molar-refractivity contribution in [2.45, 2.75) is 6.92 Å². The quantitative estimate of drug-likeness (QED) is 0.690. The van der Waals surface area contributed by atoms with E-state index in [1.165, 1.54) is 12.3 Å². The van der Waals surface area contributed by atoms with E-state index in [0.717, 1.165) is 16.2 Å². The largest absolute Gasteiger partial charge is 0.319 e. The number of carbonyl (C=O) groups excluding carboxylic acids is 4. The van der Waals surface area contributed by atoms with Crippen LogP contribution in [-0.2, 0) is 14.4 Å². The third kappa shape index (κ3) is 3.13. The monoisotopic (exact) mass is 282 g/mol. The molecule has 2 rings (SSSR count). The molecule has 9 heteroatoms. The fraction of sp³-hybridized carbons (Fsp3) is 0.300. The molecular formula is C10H10N4O4S. The molecule has 0 saturated carbocycles. The molecular weight excluding hydrogens is 272 g/mol. The Labute approximate surface area is 111 Å². The topological polar surface area (TPSA) is 108 Å². The van der Waals surface area contributed by atoms with E-state index in [-0.39, 0.29) is 24.7 Å². The van der Waals surface area contributed by atoms with Crippen LogP contribution in [0.2, 0.25) is 0 Å². The van der Waals surface area contributed by atoms with Crippen molar-refractivity contribution in [3.8, 4) is 0 Å². The zero-order valence-electron chi connectivity index (χ0n) is 9.93. The summed E-state index contributed by atoms with van der Waals surface area (Å²) in [5.74, 6) is -1.86. The van der Waals surface area contributed by atoms with Crippen LogP contribution in [0.15, 0.2) is 5.38 Å². The predicted molar refractivity (Wildman–Crippen MR) is 65.5 cm³/mol. The smallest absolute Gasteiger partial charge is 0.274 e. The molecule has 1 fully saturated rings. The highest BCUT2D eigenvalue weighted by Gasteiger charge is 2.28. The number of rotatable bonds is 2. The molecule has 1 saturated heterocycles. The van der Waals surface area contributed by atoms with Crippen LogP contribution in [0.5, 0.6) is 0 Å². The lowest BCUT2D eigenvalue weighted by Gasteiger charge is -2.24. The van der Waals surface area contributed by atoms with Gasteiger partial charge >= 0.3 is 0 Å². The number of hydrogen-bond acceptors (Lipinski definition) is 6. The van der Waals surface area contributed by atoms with Gasteiger partial charge in [0.25, 0.3) is 5.91 Å². The number of thiazole rings is 1. The fourth-order valence-electron chi connectivity index (χ4n) is 1.52. The van der Waals surface area contributed by atoms with Crippen LogP contribution >= 0.6 is 11.3 Å². The van der Waals surface area contributed by atoms with E-state index in [9.17, 15) is 19.2 Å². The van der Waals surface area contributed by atoms with Crippen LogP contribution in [0.3, 0.4) is 0 Å². The van der Waals surface area contributed by atoms with Gasteiger partial charge in [-0.25, -0.2) is 4.98 Å². The van der Waals surface area contributed by atoms with Gasteiger partial charge < -0.3 is 10.2 Å². The van der Waals surface area contributed by atoms with Gasteiger partial charge in [-0.1, -0.05) is 0 Å². The maximum absolute atomic E-state index is 12.0. The summed E-state index contributed by atoms with van der Waals surface area (Å²) in [5, 5.41) is 6.31. The number of carbonyl (C=O) groups is 4. The molecule has 0 atom stereocenters. The Morgan fingerprint density at radius 1 is 1.37 bits per heavy atom. The van der Waals surface area contributed by atoms with Crippen LogP contribution < -0.4 is 10.6 Å². The maximum Gasteiger partial charge on any atom is 0.274 e. The number of hydrogen-bond donors (Lipinski definition) is 2. The number of amides is 4. The van der Waals surface area contributed by atoms with Gasteiger partial charge in [0, 0.05) is 12.3 Å². The van der Waals surface area contributed by atoms with E-state index in [4.69, 9.17) is 0 Å². The summed E-state index contributed by atoms with van der Waals surface area (Å²) in [6.45, 7) is 0.964. The lowest BCUT2D eigenvalue weighted by atomic mass is 10.3. The molecule has 19 heavy (non-hydrogen) atoms. The first-order chi connectivity index (χ1) is 8.95. The summed E-state index contributed by atoms with van der Waals surface area (Å²) in [4.78, 5) is 50.2. The second-order valence-corrected chi connectivity index (χ2v) is 4.71. The van der Waals surface area contributed by atoms with E-state index in [1.54, 1.807) is 0 Å². The standard InChI is InChI=1S/C10H10N4O4S/c1-5(15)11-10-12-6(4-19-10)9(18)14-2-7(16)13-8(17)3-14/h4H,2-3H2,1H3,(H,11,12,15)(H,13,16,17). The van der Waals surface area contributed by atoms with Gasteiger partial charge in [-0.05, 0) is 0 Å². The first-order valence-electron chi connectivity index (χ1n) is 5.31. The zero-order chi connectivity index (χ0) is 14.0. The van der Waals surface area contributed by atoms with Crippen LogP contribution in [0.4, 0.5) is 5.13 Å². The average Bonchev–Trinajstić information content (AvgIpc) is 2.74. The highest BCUT2D eigenvalue weighted by Crippen LogP contribution is 2.17. The molecule has 1 aliphatic heterocycles. The molecule has 1 aromatic heterocycles. The molecule has 1 aliphatic rings. The van der Waals surface area contributed by atoms with E-state index >= 15 is 0 Å². The van der Waals surface area contributed by atoms with Crippen LogP contribution in [0.25, 0.3) is 0 Å². The number of nitrogens with zero attached hydrogens (tertiary/aromatic N) is 2. The Balaban J connectivity index is 2.10. The van der Waals surface area contributed by atoms with Crippen LogP contribution in [-0.4, -0.2) is 46.6 Å². The Morgan fingerprint density at radius 3 is 2.58 bits per heavy atom. The number of piperazine rings is 1.